The first-order valence-corrected chi connectivity index (χ1v) is 20.1. The van der Waals surface area contributed by atoms with Crippen molar-refractivity contribution in [3.8, 4) is 5.75 Å². The number of Topliss-reactive ketones (excluding diaryl/α,β-unsaturated/α-hetero) is 1. The number of ketones is 1. The van der Waals surface area contributed by atoms with Crippen molar-refractivity contribution in [3.05, 3.63) is 59.7 Å². The second kappa shape index (κ2) is 21.0. The van der Waals surface area contributed by atoms with E-state index in [2.05, 4.69) is 26.0 Å². The minimum atomic E-state index is -4.98. The van der Waals surface area contributed by atoms with Gasteiger partial charge in [0, 0.05) is 38.3 Å². The van der Waals surface area contributed by atoms with Gasteiger partial charge in [-0.25, -0.2) is 13.6 Å². The molecule has 0 aromatic heterocycles. The van der Waals surface area contributed by atoms with Gasteiger partial charge in [-0.2, -0.15) is 0 Å². The normalized spacial score (nSPS) is 20.4. The second-order valence-corrected chi connectivity index (χ2v) is 15.9. The summed E-state index contributed by atoms with van der Waals surface area (Å²) < 4.78 is 69.9. The zero-order chi connectivity index (χ0) is 47.1. The lowest BCUT2D eigenvalue weighted by atomic mass is 10.0. The summed E-state index contributed by atoms with van der Waals surface area (Å²) in [6.07, 6.45) is -7.87. The summed E-state index contributed by atoms with van der Waals surface area (Å²) in [4.78, 5) is 97.5. The molecule has 2 aliphatic rings. The Labute approximate surface area is 359 Å². The van der Waals surface area contributed by atoms with Crippen molar-refractivity contribution < 1.29 is 70.5 Å². The number of likely N-dealkylation sites (tertiary alicyclic amines) is 2. The molecule has 0 radical (unpaired) electrons. The number of alkyl halides is 3. The van der Waals surface area contributed by atoms with E-state index in [1.54, 1.807) is 0 Å². The van der Waals surface area contributed by atoms with Gasteiger partial charge in [0.15, 0.2) is 5.78 Å². The number of hydrogen-bond donors (Lipinski definition) is 6. The van der Waals surface area contributed by atoms with Crippen LogP contribution in [0, 0.1) is 17.6 Å². The van der Waals surface area contributed by atoms with E-state index in [-0.39, 0.29) is 42.3 Å². The summed E-state index contributed by atoms with van der Waals surface area (Å²) in [6, 6.07) is -2.95. The Balaban J connectivity index is 1.49. The number of urea groups is 1. The number of likely N-dealkylation sites (N-methyl/N-ethyl adjacent to an activating group) is 1. The van der Waals surface area contributed by atoms with Gasteiger partial charge in [-0.15, -0.1) is 13.2 Å². The SMILES string of the molecule is CC(=O)[C@@H]1C[C@@H](C)CN1C(=O)[C@H](C)NC(=O)[C@H]([C@@H](C)O)N(C)C(=O)[C@@H]1CCCN1C(=O)[C@@H](NC(=O)[C@H](Cc1cc(F)cc(F)c1)NC(=O)Nc1ccc(OC(F)(F)F)cc1)[C@H](C)O. The first-order valence-electron chi connectivity index (χ1n) is 20.1. The number of ether oxygens (including phenoxy) is 1. The van der Waals surface area contributed by atoms with E-state index >= 15 is 0 Å². The van der Waals surface area contributed by atoms with Gasteiger partial charge < -0.3 is 50.9 Å². The monoisotopic (exact) mass is 897 g/mol. The summed E-state index contributed by atoms with van der Waals surface area (Å²) >= 11 is 0. The molecule has 2 fully saturated rings. The van der Waals surface area contributed by atoms with E-state index in [0.29, 0.717) is 19.0 Å². The van der Waals surface area contributed by atoms with E-state index in [1.807, 2.05) is 6.92 Å². The number of aliphatic hydroxyl groups is 2. The summed E-state index contributed by atoms with van der Waals surface area (Å²) in [5.41, 5.74) is -0.168. The van der Waals surface area contributed by atoms with Crippen molar-refractivity contribution in [2.24, 2.45) is 5.92 Å². The molecule has 0 saturated carbocycles. The van der Waals surface area contributed by atoms with Crippen LogP contribution in [0.2, 0.25) is 0 Å². The van der Waals surface area contributed by atoms with Gasteiger partial charge in [-0.1, -0.05) is 6.92 Å². The highest BCUT2D eigenvalue weighted by atomic mass is 19.4. The summed E-state index contributed by atoms with van der Waals surface area (Å²) in [6.45, 7) is 7.31. The standard InChI is InChI=1S/C41H52F5N7O10/c1-20-14-32(22(3)54)53(19-20)37(59)21(2)47-36(58)34(24(5)56)51(6)38(60)31-8-7-13-52(31)39(61)33(23(4)55)50-35(57)30(17-25-15-26(42)18-27(43)16-25)49-40(62)48-28-9-11-29(12-10-28)63-41(44,45)46/h9-12,15-16,18,20-21,23-24,30-34,55-56H,7-8,13-14,17,19H2,1-6H3,(H,47,58)(H,50,57)(H2,48,49,62)/t20-,21+,23+,24-,30+,31+,32+,33+,34+/m1/s1. The van der Waals surface area contributed by atoms with Crippen LogP contribution < -0.4 is 26.0 Å². The van der Waals surface area contributed by atoms with Crippen LogP contribution in [0.5, 0.6) is 5.75 Å². The number of hydrogen-bond acceptors (Lipinski definition) is 10. The lowest BCUT2D eigenvalue weighted by Crippen LogP contribution is -2.62. The van der Waals surface area contributed by atoms with Gasteiger partial charge in [-0.05, 0) is 94.8 Å². The molecule has 2 aliphatic heterocycles. The summed E-state index contributed by atoms with van der Waals surface area (Å²) in [7, 11) is 1.22. The van der Waals surface area contributed by atoms with Crippen molar-refractivity contribution in [2.75, 3.05) is 25.5 Å². The Bertz CT molecular complexity index is 2000. The van der Waals surface area contributed by atoms with E-state index < -0.39 is 114 Å². The first kappa shape index (κ1) is 49.8. The maximum Gasteiger partial charge on any atom is 0.573 e. The molecule has 0 spiro atoms. The maximum absolute atomic E-state index is 14.2. The second-order valence-electron chi connectivity index (χ2n) is 15.9. The fraction of sp³-hybridized carbons (Fsp3) is 0.537. The molecule has 2 aromatic rings. The van der Waals surface area contributed by atoms with Crippen LogP contribution in [-0.4, -0.2) is 141 Å². The zero-order valence-corrected chi connectivity index (χ0v) is 35.4. The molecule has 346 valence electrons. The minimum Gasteiger partial charge on any atom is -0.406 e. The van der Waals surface area contributed by atoms with Crippen molar-refractivity contribution in [3.63, 3.8) is 0 Å². The molecule has 0 unspecified atom stereocenters. The molecule has 4 rings (SSSR count). The third kappa shape index (κ3) is 13.3. The number of amides is 7. The number of halogens is 5. The number of aliphatic hydroxyl groups excluding tert-OH is 2. The number of nitrogens with zero attached hydrogens (tertiary/aromatic N) is 3. The lowest BCUT2D eigenvalue weighted by molar-refractivity contribution is -0.274. The van der Waals surface area contributed by atoms with Gasteiger partial charge in [-0.3, -0.25) is 28.8 Å². The van der Waals surface area contributed by atoms with Crippen molar-refractivity contribution in [1.82, 2.24) is 30.7 Å². The van der Waals surface area contributed by atoms with E-state index in [1.165, 1.54) is 32.7 Å². The molecule has 2 aromatic carbocycles. The molecule has 7 amide bonds. The smallest absolute Gasteiger partial charge is 0.406 e. The third-order valence-corrected chi connectivity index (χ3v) is 10.7. The number of benzene rings is 2. The van der Waals surface area contributed by atoms with Gasteiger partial charge in [0.25, 0.3) is 0 Å². The number of rotatable bonds is 16. The van der Waals surface area contributed by atoms with Crippen LogP contribution in [0.4, 0.5) is 32.4 Å². The molecule has 0 aliphatic carbocycles. The molecule has 22 heteroatoms. The van der Waals surface area contributed by atoms with Gasteiger partial charge in [0.05, 0.1) is 18.2 Å². The molecular formula is C41H52F5N7O10. The van der Waals surface area contributed by atoms with Crippen LogP contribution in [0.1, 0.15) is 59.4 Å². The van der Waals surface area contributed by atoms with Crippen LogP contribution in [-0.2, 0) is 35.2 Å². The van der Waals surface area contributed by atoms with Crippen LogP contribution in [0.25, 0.3) is 0 Å². The van der Waals surface area contributed by atoms with Crippen LogP contribution in [0.15, 0.2) is 42.5 Å². The summed E-state index contributed by atoms with van der Waals surface area (Å²) in [5, 5.41) is 30.9. The quantitative estimate of drug-likeness (QED) is 0.134. The largest absolute Gasteiger partial charge is 0.573 e. The average Bonchev–Trinajstić information content (AvgIpc) is 3.82. The molecule has 2 heterocycles. The van der Waals surface area contributed by atoms with Crippen LogP contribution >= 0.6 is 0 Å². The number of nitrogens with one attached hydrogen (secondary N) is 4. The van der Waals surface area contributed by atoms with Gasteiger partial charge in [0.1, 0.15) is 47.6 Å². The van der Waals surface area contributed by atoms with E-state index in [9.17, 15) is 65.7 Å². The third-order valence-electron chi connectivity index (χ3n) is 10.7. The average molecular weight is 898 g/mol. The molecule has 6 N–H and O–H groups in total. The van der Waals surface area contributed by atoms with E-state index in [0.717, 1.165) is 53.1 Å². The highest BCUT2D eigenvalue weighted by Gasteiger charge is 2.44. The predicted octanol–water partition coefficient (Wildman–Crippen LogP) is 1.99. The molecule has 0 bridgehead atoms. The Hall–Kier alpha value is -5.90. The van der Waals surface area contributed by atoms with Gasteiger partial charge in [0.2, 0.25) is 29.5 Å². The highest BCUT2D eigenvalue weighted by molar-refractivity contribution is 5.98. The van der Waals surface area contributed by atoms with E-state index in [4.69, 9.17) is 0 Å². The van der Waals surface area contributed by atoms with Crippen molar-refractivity contribution >= 4 is 47.0 Å². The summed E-state index contributed by atoms with van der Waals surface area (Å²) in [5.74, 6) is -7.10. The minimum absolute atomic E-state index is 0.0432. The number of carbonyl (C=O) groups is 7. The topological polar surface area (TPSA) is 227 Å². The van der Waals surface area contributed by atoms with Gasteiger partial charge >= 0.3 is 12.4 Å². The fourth-order valence-corrected chi connectivity index (χ4v) is 7.72. The highest BCUT2D eigenvalue weighted by Crippen LogP contribution is 2.26. The van der Waals surface area contributed by atoms with Crippen molar-refractivity contribution in [2.45, 2.75) is 115 Å². The predicted molar refractivity (Wildman–Crippen MR) is 213 cm³/mol. The molecule has 63 heavy (non-hydrogen) atoms. The fourth-order valence-electron chi connectivity index (χ4n) is 7.72. The Kier molecular flexibility index (Phi) is 16.6. The zero-order valence-electron chi connectivity index (χ0n) is 35.4. The Morgan fingerprint density at radius 1 is 0.857 bits per heavy atom. The Morgan fingerprint density at radius 3 is 2.03 bits per heavy atom. The number of anilines is 1. The molecular weight excluding hydrogens is 845 g/mol. The molecule has 9 atom stereocenters. The molecule has 2 saturated heterocycles. The number of carbonyl (C=O) groups excluding carboxylic acids is 7. The lowest BCUT2D eigenvalue weighted by Gasteiger charge is -2.36. The first-order chi connectivity index (χ1) is 29.4. The van der Waals surface area contributed by atoms with Crippen LogP contribution in [0.3, 0.4) is 0 Å². The molecule has 17 nitrogen and oxygen atoms in total. The maximum atomic E-state index is 14.2. The Morgan fingerprint density at radius 2 is 1.48 bits per heavy atom. The van der Waals surface area contributed by atoms with Crippen molar-refractivity contribution in [1.29, 1.82) is 0 Å².